The van der Waals surface area contributed by atoms with Gasteiger partial charge in [0.05, 0.1) is 16.9 Å². The van der Waals surface area contributed by atoms with Gasteiger partial charge in [0.2, 0.25) is 5.91 Å². The first-order chi connectivity index (χ1) is 10.5. The Balaban J connectivity index is 2.01. The lowest BCUT2D eigenvalue weighted by Gasteiger charge is -2.12. The monoisotopic (exact) mass is 318 g/mol. The Labute approximate surface area is 131 Å². The van der Waals surface area contributed by atoms with Gasteiger partial charge in [-0.15, -0.1) is 11.8 Å². The van der Waals surface area contributed by atoms with Crippen molar-refractivity contribution < 1.29 is 13.6 Å². The minimum Gasteiger partial charge on any atom is -0.325 e. The number of thioether (sulfide) groups is 1. The maximum absolute atomic E-state index is 13.6. The molecule has 22 heavy (non-hydrogen) atoms. The maximum Gasteiger partial charge on any atom is 0.237 e. The predicted molar refractivity (Wildman–Crippen MR) is 81.5 cm³/mol. The third-order valence-electron chi connectivity index (χ3n) is 2.85. The molecule has 0 spiro atoms. The smallest absolute Gasteiger partial charge is 0.237 e. The summed E-state index contributed by atoms with van der Waals surface area (Å²) in [5.74, 6) is -1.65. The molecule has 0 saturated heterocycles. The van der Waals surface area contributed by atoms with Gasteiger partial charge in [0, 0.05) is 16.6 Å². The maximum atomic E-state index is 13.6. The molecule has 0 saturated carbocycles. The summed E-state index contributed by atoms with van der Waals surface area (Å²) in [5.41, 5.74) is 1.05. The number of hydrogen-bond acceptors (Lipinski definition) is 3. The van der Waals surface area contributed by atoms with Gasteiger partial charge >= 0.3 is 0 Å². The summed E-state index contributed by atoms with van der Waals surface area (Å²) in [5, 5.41) is 10.8. The molecule has 0 fully saturated rings. The molecule has 0 aliphatic carbocycles. The third kappa shape index (κ3) is 4.06. The molecule has 0 aromatic heterocycles. The first-order valence-corrected chi connectivity index (χ1v) is 7.30. The minimum absolute atomic E-state index is 0.212. The van der Waals surface area contributed by atoms with Crippen LogP contribution in [0.3, 0.4) is 0 Å². The molecule has 0 bridgehead atoms. The third-order valence-corrected chi connectivity index (χ3v) is 4.00. The van der Waals surface area contributed by atoms with E-state index in [0.29, 0.717) is 11.3 Å². The molecule has 2 aromatic rings. The van der Waals surface area contributed by atoms with E-state index in [9.17, 15) is 13.6 Å². The number of anilines is 1. The largest absolute Gasteiger partial charge is 0.325 e. The van der Waals surface area contributed by atoms with E-state index in [1.165, 1.54) is 6.07 Å². The van der Waals surface area contributed by atoms with Crippen LogP contribution in [0.15, 0.2) is 47.4 Å². The molecule has 0 aliphatic heterocycles. The van der Waals surface area contributed by atoms with Crippen LogP contribution in [0.5, 0.6) is 0 Å². The van der Waals surface area contributed by atoms with Gasteiger partial charge in [-0.05, 0) is 43.3 Å². The van der Waals surface area contributed by atoms with E-state index in [2.05, 4.69) is 5.32 Å². The summed E-state index contributed by atoms with van der Waals surface area (Å²) in [6, 6.07) is 11.6. The molecule has 0 heterocycles. The molecular weight excluding hydrogens is 306 g/mol. The molecule has 3 nitrogen and oxygen atoms in total. The van der Waals surface area contributed by atoms with Crippen LogP contribution in [0.25, 0.3) is 0 Å². The zero-order valence-corrected chi connectivity index (χ0v) is 12.5. The van der Waals surface area contributed by atoms with E-state index in [1.807, 2.05) is 6.07 Å². The van der Waals surface area contributed by atoms with E-state index in [4.69, 9.17) is 5.26 Å². The van der Waals surface area contributed by atoms with Gasteiger partial charge in [-0.2, -0.15) is 5.26 Å². The topological polar surface area (TPSA) is 52.9 Å². The Kier molecular flexibility index (Phi) is 5.12. The lowest BCUT2D eigenvalue weighted by atomic mass is 10.2. The van der Waals surface area contributed by atoms with E-state index >= 15 is 0 Å². The molecular formula is C16H12F2N2OS. The van der Waals surface area contributed by atoms with Crippen molar-refractivity contribution in [3.8, 4) is 6.07 Å². The number of amides is 1. The first-order valence-electron chi connectivity index (χ1n) is 6.42. The Hall–Kier alpha value is -2.39. The molecule has 0 unspecified atom stereocenters. The van der Waals surface area contributed by atoms with E-state index in [0.717, 1.165) is 23.9 Å². The number of nitriles is 1. The van der Waals surface area contributed by atoms with Crippen molar-refractivity contribution in [3.63, 3.8) is 0 Å². The van der Waals surface area contributed by atoms with Crippen molar-refractivity contribution >= 4 is 23.4 Å². The Morgan fingerprint density at radius 1 is 1.23 bits per heavy atom. The normalized spacial score (nSPS) is 11.5. The Bertz CT molecular complexity index is 726. The minimum atomic E-state index is -0.692. The lowest BCUT2D eigenvalue weighted by Crippen LogP contribution is -2.22. The zero-order valence-electron chi connectivity index (χ0n) is 11.6. The van der Waals surface area contributed by atoms with Gasteiger partial charge in [-0.3, -0.25) is 4.79 Å². The molecule has 0 radical (unpaired) electrons. The number of nitrogens with zero attached hydrogens (tertiary/aromatic N) is 1. The fourth-order valence-electron chi connectivity index (χ4n) is 1.69. The quantitative estimate of drug-likeness (QED) is 0.868. The Morgan fingerprint density at radius 3 is 2.50 bits per heavy atom. The summed E-state index contributed by atoms with van der Waals surface area (Å²) in [7, 11) is 0. The standard InChI is InChI=1S/C16H12F2N2OS/c1-10(22-15-7-4-12(17)8-14(15)18)16(21)20-13-5-2-11(9-19)3-6-13/h2-8,10H,1H3,(H,20,21)/t10-/m1/s1. The SMILES string of the molecule is C[C@@H](Sc1ccc(F)cc1F)C(=O)Nc1ccc(C#N)cc1. The summed E-state index contributed by atoms with van der Waals surface area (Å²) in [6.45, 7) is 1.63. The Morgan fingerprint density at radius 2 is 1.91 bits per heavy atom. The van der Waals surface area contributed by atoms with Crippen molar-refractivity contribution in [3.05, 3.63) is 59.7 Å². The summed E-state index contributed by atoms with van der Waals surface area (Å²) >= 11 is 1.01. The number of hydrogen-bond donors (Lipinski definition) is 1. The number of carbonyl (C=O) groups is 1. The van der Waals surface area contributed by atoms with Crippen molar-refractivity contribution in [1.29, 1.82) is 5.26 Å². The number of benzene rings is 2. The molecule has 6 heteroatoms. The fraction of sp³-hybridized carbons (Fsp3) is 0.125. The van der Waals surface area contributed by atoms with E-state index in [-0.39, 0.29) is 10.8 Å². The fourth-order valence-corrected chi connectivity index (χ4v) is 2.55. The van der Waals surface area contributed by atoms with Gasteiger partial charge in [-0.25, -0.2) is 8.78 Å². The van der Waals surface area contributed by atoms with Gasteiger partial charge < -0.3 is 5.32 Å². The van der Waals surface area contributed by atoms with Crippen molar-refractivity contribution in [2.24, 2.45) is 0 Å². The number of carbonyl (C=O) groups excluding carboxylic acids is 1. The predicted octanol–water partition coefficient (Wildman–Crippen LogP) is 3.96. The second kappa shape index (κ2) is 7.05. The summed E-state index contributed by atoms with van der Waals surface area (Å²) in [6.07, 6.45) is 0. The zero-order chi connectivity index (χ0) is 16.1. The van der Waals surface area contributed by atoms with Crippen LogP contribution >= 0.6 is 11.8 Å². The second-order valence-corrected chi connectivity index (χ2v) is 5.90. The average Bonchev–Trinajstić information content (AvgIpc) is 2.50. The van der Waals surface area contributed by atoms with Crippen molar-refractivity contribution in [2.75, 3.05) is 5.32 Å². The summed E-state index contributed by atoms with van der Waals surface area (Å²) < 4.78 is 26.4. The number of halogens is 2. The van der Waals surface area contributed by atoms with Crippen LogP contribution in [-0.2, 0) is 4.79 Å². The van der Waals surface area contributed by atoms with Crippen LogP contribution < -0.4 is 5.32 Å². The van der Waals surface area contributed by atoms with Gasteiger partial charge in [0.15, 0.2) is 0 Å². The molecule has 1 N–H and O–H groups in total. The molecule has 112 valence electrons. The van der Waals surface area contributed by atoms with E-state index < -0.39 is 16.9 Å². The van der Waals surface area contributed by atoms with Crippen LogP contribution in [0, 0.1) is 23.0 Å². The summed E-state index contributed by atoms with van der Waals surface area (Å²) in [4.78, 5) is 12.3. The number of rotatable bonds is 4. The molecule has 2 aromatic carbocycles. The van der Waals surface area contributed by atoms with Gasteiger partial charge in [0.1, 0.15) is 11.6 Å². The van der Waals surface area contributed by atoms with Crippen molar-refractivity contribution in [2.45, 2.75) is 17.1 Å². The molecule has 1 amide bonds. The highest BCUT2D eigenvalue weighted by atomic mass is 32.2. The number of nitrogens with one attached hydrogen (secondary N) is 1. The van der Waals surface area contributed by atoms with Crippen LogP contribution in [-0.4, -0.2) is 11.2 Å². The highest BCUT2D eigenvalue weighted by Crippen LogP contribution is 2.27. The van der Waals surface area contributed by atoms with Crippen LogP contribution in [0.1, 0.15) is 12.5 Å². The highest BCUT2D eigenvalue weighted by molar-refractivity contribution is 8.00. The average molecular weight is 318 g/mol. The first kappa shape index (κ1) is 16.0. The van der Waals surface area contributed by atoms with Crippen LogP contribution in [0.2, 0.25) is 0 Å². The molecule has 1 atom stereocenters. The van der Waals surface area contributed by atoms with E-state index in [1.54, 1.807) is 31.2 Å². The molecule has 2 rings (SSSR count). The highest BCUT2D eigenvalue weighted by Gasteiger charge is 2.17. The molecule has 0 aliphatic rings. The van der Waals surface area contributed by atoms with Crippen LogP contribution in [0.4, 0.5) is 14.5 Å². The second-order valence-electron chi connectivity index (χ2n) is 4.51. The lowest BCUT2D eigenvalue weighted by molar-refractivity contribution is -0.115. The van der Waals surface area contributed by atoms with Gasteiger partial charge in [0.25, 0.3) is 0 Å². The van der Waals surface area contributed by atoms with Gasteiger partial charge in [-0.1, -0.05) is 0 Å². The van der Waals surface area contributed by atoms with Crippen molar-refractivity contribution in [1.82, 2.24) is 0 Å².